The fourth-order valence-electron chi connectivity index (χ4n) is 5.54. The number of aromatic nitrogens is 6. The van der Waals surface area contributed by atoms with Crippen LogP contribution in [-0.2, 0) is 0 Å². The van der Waals surface area contributed by atoms with Crippen LogP contribution in [0.15, 0.2) is 24.4 Å². The van der Waals surface area contributed by atoms with Gasteiger partial charge in [0.2, 0.25) is 5.95 Å². The minimum absolute atomic E-state index is 0.213. The molecule has 2 saturated heterocycles. The number of nitrogens with zero attached hydrogens (tertiary/aromatic N) is 8. The van der Waals surface area contributed by atoms with Gasteiger partial charge in [0.05, 0.1) is 17.6 Å². The standard InChI is InChI=1S/C25H29FN10/c26-20-9-8-19(36-24(16-6-7-16)32-33-34-36)12-21(20)30-25-29-15-18(13-27)23(31-25)28-14-17-4-3-11-35-10-2-1-5-22(17)35/h8-9,12,15-17,22H,1-7,10-11,14H2,(H2,28,29,30,31). The molecule has 2 aliphatic heterocycles. The Kier molecular flexibility index (Phi) is 6.19. The third kappa shape index (κ3) is 4.60. The second kappa shape index (κ2) is 9.78. The molecule has 0 bridgehead atoms. The topological polar surface area (TPSA) is 120 Å². The molecular formula is C25H29FN10. The summed E-state index contributed by atoms with van der Waals surface area (Å²) in [6, 6.07) is 7.42. The van der Waals surface area contributed by atoms with Crippen molar-refractivity contribution in [2.24, 2.45) is 5.92 Å². The van der Waals surface area contributed by atoms with Gasteiger partial charge in [-0.1, -0.05) is 6.42 Å². The van der Waals surface area contributed by atoms with E-state index in [9.17, 15) is 9.65 Å². The lowest BCUT2D eigenvalue weighted by Crippen LogP contribution is -2.49. The van der Waals surface area contributed by atoms with Crippen LogP contribution < -0.4 is 10.6 Å². The molecule has 186 valence electrons. The number of anilines is 3. The molecule has 3 fully saturated rings. The number of hydrogen-bond acceptors (Lipinski definition) is 9. The molecule has 0 radical (unpaired) electrons. The van der Waals surface area contributed by atoms with E-state index in [1.54, 1.807) is 16.8 Å². The number of fused-ring (bicyclic) bond motifs is 1. The first-order valence-electron chi connectivity index (χ1n) is 12.8. The molecule has 3 aliphatic rings. The predicted molar refractivity (Wildman–Crippen MR) is 132 cm³/mol. The smallest absolute Gasteiger partial charge is 0.229 e. The summed E-state index contributed by atoms with van der Waals surface area (Å²) in [6.07, 6.45) is 9.74. The van der Waals surface area contributed by atoms with Crippen molar-refractivity contribution in [3.8, 4) is 11.8 Å². The SMILES string of the molecule is N#Cc1cnc(Nc2cc(-n3nnnc3C3CC3)ccc2F)nc1NCC1CCCN2CCCCC12. The van der Waals surface area contributed by atoms with Crippen LogP contribution in [0.25, 0.3) is 5.69 Å². The molecule has 36 heavy (non-hydrogen) atoms. The first kappa shape index (κ1) is 22.8. The molecule has 2 atom stereocenters. The summed E-state index contributed by atoms with van der Waals surface area (Å²) in [6.45, 7) is 3.12. The van der Waals surface area contributed by atoms with Crippen LogP contribution in [0, 0.1) is 23.1 Å². The summed E-state index contributed by atoms with van der Waals surface area (Å²) in [5.41, 5.74) is 1.24. The predicted octanol–water partition coefficient (Wildman–Crippen LogP) is 3.76. The molecule has 1 aromatic carbocycles. The number of halogens is 1. The highest BCUT2D eigenvalue weighted by Crippen LogP contribution is 2.39. The Labute approximate surface area is 208 Å². The average molecular weight is 489 g/mol. The zero-order valence-corrected chi connectivity index (χ0v) is 20.1. The number of tetrazole rings is 1. The van der Waals surface area contributed by atoms with E-state index in [1.807, 2.05) is 0 Å². The van der Waals surface area contributed by atoms with Crippen LogP contribution in [0.3, 0.4) is 0 Å². The van der Waals surface area contributed by atoms with Crippen LogP contribution in [0.1, 0.15) is 62.3 Å². The number of nitriles is 1. The molecule has 4 heterocycles. The largest absolute Gasteiger partial charge is 0.368 e. The normalized spacial score (nSPS) is 22.0. The van der Waals surface area contributed by atoms with Gasteiger partial charge in [0, 0.05) is 18.5 Å². The van der Waals surface area contributed by atoms with Crippen LogP contribution in [0.2, 0.25) is 0 Å². The van der Waals surface area contributed by atoms with Crippen LogP contribution in [-0.4, -0.2) is 60.8 Å². The molecule has 1 aliphatic carbocycles. The van der Waals surface area contributed by atoms with Gasteiger partial charge in [-0.15, -0.1) is 5.10 Å². The van der Waals surface area contributed by atoms with E-state index in [-0.39, 0.29) is 11.6 Å². The highest BCUT2D eigenvalue weighted by atomic mass is 19.1. The maximum Gasteiger partial charge on any atom is 0.229 e. The highest BCUT2D eigenvalue weighted by Gasteiger charge is 2.33. The maximum absolute atomic E-state index is 14.7. The van der Waals surface area contributed by atoms with Crippen LogP contribution >= 0.6 is 0 Å². The van der Waals surface area contributed by atoms with Crippen LogP contribution in [0.4, 0.5) is 21.8 Å². The van der Waals surface area contributed by atoms with Crippen LogP contribution in [0.5, 0.6) is 0 Å². The summed E-state index contributed by atoms with van der Waals surface area (Å²) in [5.74, 6) is 1.89. The second-order valence-corrected chi connectivity index (χ2v) is 9.96. The van der Waals surface area contributed by atoms with Crippen molar-refractivity contribution in [1.82, 2.24) is 35.1 Å². The van der Waals surface area contributed by atoms with Gasteiger partial charge in [-0.3, -0.25) is 0 Å². The Morgan fingerprint density at radius 1 is 1.11 bits per heavy atom. The molecule has 2 N–H and O–H groups in total. The monoisotopic (exact) mass is 488 g/mol. The molecule has 6 rings (SSSR count). The number of hydrogen-bond donors (Lipinski definition) is 2. The lowest BCUT2D eigenvalue weighted by Gasteiger charge is -2.44. The van der Waals surface area contributed by atoms with Crippen molar-refractivity contribution in [3.63, 3.8) is 0 Å². The molecule has 11 heteroatoms. The number of nitrogens with one attached hydrogen (secondary N) is 2. The van der Waals surface area contributed by atoms with Gasteiger partial charge >= 0.3 is 0 Å². The van der Waals surface area contributed by atoms with Crippen molar-refractivity contribution in [2.45, 2.75) is 56.9 Å². The van der Waals surface area contributed by atoms with E-state index in [1.165, 1.54) is 57.5 Å². The minimum atomic E-state index is -0.443. The molecule has 3 aromatic rings. The van der Waals surface area contributed by atoms with Gasteiger partial charge in [0.15, 0.2) is 5.82 Å². The van der Waals surface area contributed by atoms with Crippen molar-refractivity contribution in [2.75, 3.05) is 30.3 Å². The Morgan fingerprint density at radius 3 is 2.86 bits per heavy atom. The van der Waals surface area contributed by atoms with E-state index < -0.39 is 5.82 Å². The number of benzene rings is 1. The van der Waals surface area contributed by atoms with E-state index in [2.05, 4.69) is 47.1 Å². The Hall–Kier alpha value is -3.65. The zero-order chi connectivity index (χ0) is 24.5. The summed E-state index contributed by atoms with van der Waals surface area (Å²) in [5, 5.41) is 28.0. The summed E-state index contributed by atoms with van der Waals surface area (Å²) >= 11 is 0. The summed E-state index contributed by atoms with van der Waals surface area (Å²) in [7, 11) is 0. The minimum Gasteiger partial charge on any atom is -0.368 e. The first-order valence-corrected chi connectivity index (χ1v) is 12.8. The number of rotatable bonds is 7. The zero-order valence-electron chi connectivity index (χ0n) is 20.1. The van der Waals surface area contributed by atoms with Gasteiger partial charge in [-0.05, 0) is 86.2 Å². The quantitative estimate of drug-likeness (QED) is 0.512. The Bertz CT molecular complexity index is 1280. The number of piperidine rings is 2. The summed E-state index contributed by atoms with van der Waals surface area (Å²) in [4.78, 5) is 11.4. The molecule has 2 aromatic heterocycles. The molecule has 0 amide bonds. The third-order valence-electron chi connectivity index (χ3n) is 7.55. The van der Waals surface area contributed by atoms with Crippen molar-refractivity contribution >= 4 is 17.5 Å². The van der Waals surface area contributed by atoms with E-state index in [0.29, 0.717) is 34.9 Å². The van der Waals surface area contributed by atoms with Gasteiger partial charge in [0.25, 0.3) is 0 Å². The molecule has 1 saturated carbocycles. The fourth-order valence-corrected chi connectivity index (χ4v) is 5.54. The maximum atomic E-state index is 14.7. The fraction of sp³-hybridized carbons (Fsp3) is 0.520. The van der Waals surface area contributed by atoms with Crippen molar-refractivity contribution < 1.29 is 4.39 Å². The third-order valence-corrected chi connectivity index (χ3v) is 7.55. The molecule has 2 unspecified atom stereocenters. The highest BCUT2D eigenvalue weighted by molar-refractivity contribution is 5.61. The van der Waals surface area contributed by atoms with E-state index >= 15 is 0 Å². The lowest BCUT2D eigenvalue weighted by atomic mass is 9.83. The van der Waals surface area contributed by atoms with Crippen molar-refractivity contribution in [1.29, 1.82) is 5.26 Å². The van der Waals surface area contributed by atoms with Gasteiger partial charge < -0.3 is 15.5 Å². The molecular weight excluding hydrogens is 459 g/mol. The van der Waals surface area contributed by atoms with E-state index in [0.717, 1.165) is 25.2 Å². The Balaban J connectivity index is 1.20. The van der Waals surface area contributed by atoms with E-state index in [4.69, 9.17) is 0 Å². The van der Waals surface area contributed by atoms with Gasteiger partial charge in [-0.25, -0.2) is 9.37 Å². The average Bonchev–Trinajstić information content (AvgIpc) is 3.64. The first-order chi connectivity index (χ1) is 17.7. The Morgan fingerprint density at radius 2 is 2.00 bits per heavy atom. The second-order valence-electron chi connectivity index (χ2n) is 9.96. The molecule has 0 spiro atoms. The lowest BCUT2D eigenvalue weighted by molar-refractivity contribution is 0.0649. The van der Waals surface area contributed by atoms with Gasteiger partial charge in [-0.2, -0.15) is 14.9 Å². The summed E-state index contributed by atoms with van der Waals surface area (Å²) < 4.78 is 16.4. The molecule has 10 nitrogen and oxygen atoms in total. The van der Waals surface area contributed by atoms with Gasteiger partial charge in [0.1, 0.15) is 23.3 Å². The van der Waals surface area contributed by atoms with Crippen molar-refractivity contribution in [3.05, 3.63) is 41.6 Å².